The van der Waals surface area contributed by atoms with E-state index in [0.717, 1.165) is 11.5 Å². The third kappa shape index (κ3) is 3.99. The van der Waals surface area contributed by atoms with Gasteiger partial charge in [0.25, 0.3) is 11.8 Å². The van der Waals surface area contributed by atoms with Crippen LogP contribution in [0.1, 0.15) is 20.0 Å². The van der Waals surface area contributed by atoms with Crippen LogP contribution in [0.25, 0.3) is 0 Å². The van der Waals surface area contributed by atoms with Gasteiger partial charge in [0.1, 0.15) is 9.90 Å². The van der Waals surface area contributed by atoms with E-state index in [-0.39, 0.29) is 21.0 Å². The number of hydrogen-bond acceptors (Lipinski definition) is 4. The van der Waals surface area contributed by atoms with Gasteiger partial charge in [-0.1, -0.05) is 53.5 Å². The van der Waals surface area contributed by atoms with E-state index in [1.807, 2.05) is 6.07 Å². The molecule has 5 nitrogen and oxygen atoms in total. The van der Waals surface area contributed by atoms with Crippen LogP contribution in [-0.4, -0.2) is 16.2 Å². The lowest BCUT2D eigenvalue weighted by Gasteiger charge is -2.12. The first-order chi connectivity index (χ1) is 12.1. The van der Waals surface area contributed by atoms with Crippen molar-refractivity contribution in [1.29, 1.82) is 0 Å². The second kappa shape index (κ2) is 7.65. The lowest BCUT2D eigenvalue weighted by Crippen LogP contribution is -2.16. The second-order valence-electron chi connectivity index (χ2n) is 4.94. The quantitative estimate of drug-likeness (QED) is 0.660. The maximum absolute atomic E-state index is 12.4. The van der Waals surface area contributed by atoms with Crippen molar-refractivity contribution in [3.8, 4) is 0 Å². The van der Waals surface area contributed by atoms with Gasteiger partial charge in [0.2, 0.25) is 0 Å². The lowest BCUT2D eigenvalue weighted by atomic mass is 10.2. The third-order valence-electron chi connectivity index (χ3n) is 3.26. The molecule has 0 unspecified atom stereocenters. The largest absolute Gasteiger partial charge is 0.320 e. The molecule has 3 rings (SSSR count). The molecule has 0 spiro atoms. The Bertz CT molecular complexity index is 929. The summed E-state index contributed by atoms with van der Waals surface area (Å²) in [6.45, 7) is 0. The monoisotopic (exact) mass is 391 g/mol. The van der Waals surface area contributed by atoms with Crippen molar-refractivity contribution in [1.82, 2.24) is 4.37 Å². The number of benzene rings is 2. The normalized spacial score (nSPS) is 10.3. The average Bonchev–Trinajstić information content (AvgIpc) is 2.96. The number of halogens is 2. The maximum atomic E-state index is 12.4. The predicted molar refractivity (Wildman–Crippen MR) is 101 cm³/mol. The van der Waals surface area contributed by atoms with Crippen LogP contribution < -0.4 is 10.6 Å². The fourth-order valence-corrected chi connectivity index (χ4v) is 3.17. The van der Waals surface area contributed by atoms with Gasteiger partial charge in [0.05, 0.1) is 11.4 Å². The van der Waals surface area contributed by atoms with Crippen LogP contribution in [0.3, 0.4) is 0 Å². The minimum absolute atomic E-state index is 0.0856. The van der Waals surface area contributed by atoms with Crippen LogP contribution in [0.4, 0.5) is 11.4 Å². The van der Waals surface area contributed by atoms with Crippen molar-refractivity contribution in [2.24, 2.45) is 0 Å². The van der Waals surface area contributed by atoms with E-state index in [0.29, 0.717) is 16.9 Å². The van der Waals surface area contributed by atoms with Gasteiger partial charge in [0, 0.05) is 5.56 Å². The van der Waals surface area contributed by atoms with E-state index in [2.05, 4.69) is 15.0 Å². The summed E-state index contributed by atoms with van der Waals surface area (Å²) in [6.07, 6.45) is 0. The summed E-state index contributed by atoms with van der Waals surface area (Å²) in [5.41, 5.74) is 1.43. The molecular weight excluding hydrogens is 381 g/mol. The summed E-state index contributed by atoms with van der Waals surface area (Å²) in [6, 6.07) is 15.7. The number of nitrogens with zero attached hydrogens (tertiary/aromatic N) is 1. The Kier molecular flexibility index (Phi) is 5.33. The first-order valence-corrected chi connectivity index (χ1v) is 8.66. The van der Waals surface area contributed by atoms with Crippen molar-refractivity contribution >= 4 is 57.9 Å². The summed E-state index contributed by atoms with van der Waals surface area (Å²) >= 11 is 12.6. The molecule has 2 aromatic carbocycles. The van der Waals surface area contributed by atoms with Gasteiger partial charge >= 0.3 is 0 Å². The topological polar surface area (TPSA) is 71.1 Å². The molecule has 0 aliphatic carbocycles. The Hall–Kier alpha value is -2.41. The molecule has 0 radical (unpaired) electrons. The van der Waals surface area contributed by atoms with E-state index < -0.39 is 5.91 Å². The van der Waals surface area contributed by atoms with Gasteiger partial charge in [0.15, 0.2) is 5.15 Å². The predicted octanol–water partition coefficient (Wildman–Crippen LogP) is 4.95. The van der Waals surface area contributed by atoms with E-state index in [9.17, 15) is 9.59 Å². The van der Waals surface area contributed by atoms with Crippen LogP contribution in [-0.2, 0) is 0 Å². The first-order valence-electron chi connectivity index (χ1n) is 7.13. The molecular formula is C17H11Cl2N3O2S. The summed E-state index contributed by atoms with van der Waals surface area (Å²) in [7, 11) is 0. The van der Waals surface area contributed by atoms with Crippen molar-refractivity contribution in [3.05, 3.63) is 75.2 Å². The van der Waals surface area contributed by atoms with E-state index in [4.69, 9.17) is 23.2 Å². The Morgan fingerprint density at radius 1 is 0.840 bits per heavy atom. The number of anilines is 2. The number of nitrogens with one attached hydrogen (secondary N) is 2. The van der Waals surface area contributed by atoms with E-state index in [1.54, 1.807) is 48.5 Å². The van der Waals surface area contributed by atoms with Crippen LogP contribution >= 0.6 is 34.7 Å². The van der Waals surface area contributed by atoms with E-state index >= 15 is 0 Å². The van der Waals surface area contributed by atoms with Gasteiger partial charge in [-0.25, -0.2) is 0 Å². The van der Waals surface area contributed by atoms with Crippen LogP contribution in [0.2, 0.25) is 10.2 Å². The minimum Gasteiger partial charge on any atom is -0.320 e. The smallest absolute Gasteiger partial charge is 0.269 e. The van der Waals surface area contributed by atoms with Crippen LogP contribution in [0, 0.1) is 0 Å². The van der Waals surface area contributed by atoms with Gasteiger partial charge in [-0.15, -0.1) is 0 Å². The Morgan fingerprint density at radius 3 is 1.96 bits per heavy atom. The van der Waals surface area contributed by atoms with Gasteiger partial charge in [-0.3, -0.25) is 9.59 Å². The van der Waals surface area contributed by atoms with Gasteiger partial charge < -0.3 is 10.6 Å². The highest BCUT2D eigenvalue weighted by Crippen LogP contribution is 2.30. The Labute approximate surface area is 157 Å². The number of carbonyl (C=O) groups excluding carboxylic acids is 2. The molecule has 1 heterocycles. The number of hydrogen-bond donors (Lipinski definition) is 2. The van der Waals surface area contributed by atoms with Gasteiger partial charge in [-0.2, -0.15) is 4.37 Å². The van der Waals surface area contributed by atoms with Crippen LogP contribution in [0.5, 0.6) is 0 Å². The highest BCUT2D eigenvalue weighted by Gasteiger charge is 2.18. The Balaban J connectivity index is 1.80. The molecule has 25 heavy (non-hydrogen) atoms. The minimum atomic E-state index is -0.448. The standard InChI is InChI=1S/C17H11Cl2N3O2S/c18-13-14(25-22-15(13)19)17(24)21-12-9-5-4-8-11(12)20-16(23)10-6-2-1-3-7-10/h1-9H,(H,20,23)(H,21,24). The van der Waals surface area contributed by atoms with Crippen LogP contribution in [0.15, 0.2) is 54.6 Å². The maximum Gasteiger partial charge on any atom is 0.269 e. The van der Waals surface area contributed by atoms with E-state index in [1.165, 1.54) is 0 Å². The number of aromatic nitrogens is 1. The average molecular weight is 392 g/mol. The SMILES string of the molecule is O=C(Nc1ccccc1NC(=O)c1snc(Cl)c1Cl)c1ccccc1. The zero-order chi connectivity index (χ0) is 17.8. The zero-order valence-corrected chi connectivity index (χ0v) is 15.0. The molecule has 1 aromatic heterocycles. The van der Waals surface area contributed by atoms with Gasteiger partial charge in [-0.05, 0) is 35.8 Å². The van der Waals surface area contributed by atoms with Crippen molar-refractivity contribution < 1.29 is 9.59 Å². The Morgan fingerprint density at radius 2 is 1.40 bits per heavy atom. The number of para-hydroxylation sites is 2. The fraction of sp³-hybridized carbons (Fsp3) is 0. The highest BCUT2D eigenvalue weighted by molar-refractivity contribution is 7.09. The molecule has 0 aliphatic heterocycles. The highest BCUT2D eigenvalue weighted by atomic mass is 35.5. The number of amides is 2. The number of carbonyl (C=O) groups is 2. The second-order valence-corrected chi connectivity index (χ2v) is 6.45. The van der Waals surface area contributed by atoms with Crippen molar-refractivity contribution in [2.45, 2.75) is 0 Å². The lowest BCUT2D eigenvalue weighted by molar-refractivity contribution is 0.101. The van der Waals surface area contributed by atoms with Crippen molar-refractivity contribution in [3.63, 3.8) is 0 Å². The molecule has 2 amide bonds. The molecule has 8 heteroatoms. The molecule has 0 aliphatic rings. The molecule has 0 saturated heterocycles. The number of rotatable bonds is 4. The zero-order valence-electron chi connectivity index (χ0n) is 12.6. The molecule has 0 atom stereocenters. The molecule has 126 valence electrons. The first kappa shape index (κ1) is 17.4. The molecule has 3 aromatic rings. The molecule has 2 N–H and O–H groups in total. The van der Waals surface area contributed by atoms with Crippen molar-refractivity contribution in [2.75, 3.05) is 10.6 Å². The third-order valence-corrected chi connectivity index (χ3v) is 5.06. The summed E-state index contributed by atoms with van der Waals surface area (Å²) < 4.78 is 3.83. The summed E-state index contributed by atoms with van der Waals surface area (Å²) in [5, 5.41) is 5.68. The summed E-state index contributed by atoms with van der Waals surface area (Å²) in [4.78, 5) is 24.9. The molecule has 0 fully saturated rings. The fourth-order valence-electron chi connectivity index (χ4n) is 2.06. The summed E-state index contributed by atoms with van der Waals surface area (Å²) in [5.74, 6) is -0.725. The molecule has 0 saturated carbocycles. The molecule has 0 bridgehead atoms.